The van der Waals surface area contributed by atoms with Crippen molar-refractivity contribution in [3.05, 3.63) is 34.9 Å². The van der Waals surface area contributed by atoms with Crippen molar-refractivity contribution in [1.82, 2.24) is 4.90 Å². The van der Waals surface area contributed by atoms with Gasteiger partial charge in [-0.3, -0.25) is 4.90 Å². The van der Waals surface area contributed by atoms with Crippen LogP contribution < -0.4 is 0 Å². The van der Waals surface area contributed by atoms with E-state index in [1.807, 2.05) is 31.1 Å². The van der Waals surface area contributed by atoms with E-state index in [1.54, 1.807) is 0 Å². The van der Waals surface area contributed by atoms with Gasteiger partial charge in [-0.15, -0.1) is 0 Å². The minimum absolute atomic E-state index is 0.161. The quantitative estimate of drug-likeness (QED) is 0.828. The molecule has 112 valence electrons. The first-order valence-electron chi connectivity index (χ1n) is 7.48. The van der Waals surface area contributed by atoms with E-state index in [2.05, 4.69) is 26.0 Å². The third kappa shape index (κ3) is 2.49. The lowest BCUT2D eigenvalue weighted by Gasteiger charge is -2.57. The number of benzene rings is 1. The van der Waals surface area contributed by atoms with Gasteiger partial charge in [0.05, 0.1) is 0 Å². The summed E-state index contributed by atoms with van der Waals surface area (Å²) in [6.45, 7) is 4.34. The van der Waals surface area contributed by atoms with Crippen LogP contribution in [0, 0.1) is 5.92 Å². The van der Waals surface area contributed by atoms with E-state index < -0.39 is 5.72 Å². The first kappa shape index (κ1) is 15.8. The summed E-state index contributed by atoms with van der Waals surface area (Å²) in [5, 5.41) is 12.2. The highest BCUT2D eigenvalue weighted by atomic mass is 35.5. The van der Waals surface area contributed by atoms with Gasteiger partial charge in [0, 0.05) is 10.4 Å². The normalized spacial score (nSPS) is 20.8. The Morgan fingerprint density at radius 1 is 1.25 bits per heavy atom. The van der Waals surface area contributed by atoms with E-state index in [1.165, 1.54) is 12.0 Å². The van der Waals surface area contributed by atoms with Crippen molar-refractivity contribution < 1.29 is 5.11 Å². The van der Waals surface area contributed by atoms with E-state index in [9.17, 15) is 5.11 Å². The summed E-state index contributed by atoms with van der Waals surface area (Å²) in [5.74, 6) is 0.451. The Kier molecular flexibility index (Phi) is 4.48. The zero-order valence-corrected chi connectivity index (χ0v) is 13.7. The van der Waals surface area contributed by atoms with Crippen molar-refractivity contribution in [2.75, 3.05) is 14.1 Å². The van der Waals surface area contributed by atoms with Crippen molar-refractivity contribution in [1.29, 1.82) is 0 Å². The van der Waals surface area contributed by atoms with Gasteiger partial charge in [-0.2, -0.15) is 0 Å². The summed E-state index contributed by atoms with van der Waals surface area (Å²) in [7, 11) is 3.97. The lowest BCUT2D eigenvalue weighted by atomic mass is 9.56. The fraction of sp³-hybridized carbons (Fsp3) is 0.647. The largest absolute Gasteiger partial charge is 0.375 e. The lowest BCUT2D eigenvalue weighted by molar-refractivity contribution is -0.179. The summed E-state index contributed by atoms with van der Waals surface area (Å²) in [6.07, 6.45) is 4.03. The molecule has 0 spiro atoms. The van der Waals surface area contributed by atoms with Crippen molar-refractivity contribution in [2.24, 2.45) is 5.92 Å². The van der Waals surface area contributed by atoms with Crippen LogP contribution in [0.15, 0.2) is 24.3 Å². The number of halogens is 1. The molecule has 20 heavy (non-hydrogen) atoms. The zero-order valence-electron chi connectivity index (χ0n) is 13.0. The lowest BCUT2D eigenvalue weighted by Crippen LogP contribution is -2.63. The fourth-order valence-electron chi connectivity index (χ4n) is 3.59. The number of hydrogen-bond acceptors (Lipinski definition) is 2. The maximum Gasteiger partial charge on any atom is 0.127 e. The molecular weight excluding hydrogens is 270 g/mol. The second-order valence-electron chi connectivity index (χ2n) is 6.75. The molecule has 0 bridgehead atoms. The van der Waals surface area contributed by atoms with Crippen molar-refractivity contribution in [3.8, 4) is 0 Å². The van der Waals surface area contributed by atoms with E-state index >= 15 is 0 Å². The topological polar surface area (TPSA) is 23.5 Å². The van der Waals surface area contributed by atoms with Gasteiger partial charge in [0.25, 0.3) is 0 Å². The molecule has 2 rings (SSSR count). The minimum atomic E-state index is -0.798. The number of aliphatic hydroxyl groups is 1. The molecule has 1 N–H and O–H groups in total. The van der Waals surface area contributed by atoms with Gasteiger partial charge < -0.3 is 5.11 Å². The molecule has 0 radical (unpaired) electrons. The summed E-state index contributed by atoms with van der Waals surface area (Å²) in [5.41, 5.74) is 0.253. The van der Waals surface area contributed by atoms with Crippen molar-refractivity contribution in [3.63, 3.8) is 0 Å². The Labute approximate surface area is 127 Å². The zero-order chi connectivity index (χ0) is 15.0. The Bertz CT molecular complexity index is 451. The minimum Gasteiger partial charge on any atom is -0.375 e. The number of hydrogen-bond donors (Lipinski definition) is 1. The molecule has 1 aliphatic rings. The van der Waals surface area contributed by atoms with Crippen LogP contribution in [0.25, 0.3) is 0 Å². The molecular formula is C17H26ClNO. The van der Waals surface area contributed by atoms with Crippen molar-refractivity contribution in [2.45, 2.75) is 50.7 Å². The standard InChI is InChI=1S/C17H26ClNO/c1-13(2)12-17(20,19(3)4)16(10-5-11-16)14-6-8-15(18)9-7-14/h6-9,13,20H,5,10-12H2,1-4H3. The van der Waals surface area contributed by atoms with Gasteiger partial charge in [0.2, 0.25) is 0 Å². The molecule has 1 atom stereocenters. The van der Waals surface area contributed by atoms with Crippen LogP contribution in [-0.2, 0) is 5.41 Å². The smallest absolute Gasteiger partial charge is 0.127 e. The summed E-state index contributed by atoms with van der Waals surface area (Å²) in [6, 6.07) is 8.03. The Morgan fingerprint density at radius 2 is 1.80 bits per heavy atom. The highest BCUT2D eigenvalue weighted by Gasteiger charge is 2.56. The SMILES string of the molecule is CC(C)CC(O)(N(C)C)C1(c2ccc(Cl)cc2)CCC1. The number of rotatable bonds is 5. The summed E-state index contributed by atoms with van der Waals surface area (Å²) < 4.78 is 0. The van der Waals surface area contributed by atoms with Crippen LogP contribution in [0.3, 0.4) is 0 Å². The van der Waals surface area contributed by atoms with Gasteiger partial charge in [0.1, 0.15) is 5.72 Å². The van der Waals surface area contributed by atoms with Crippen LogP contribution >= 0.6 is 11.6 Å². The van der Waals surface area contributed by atoms with Crippen LogP contribution in [-0.4, -0.2) is 29.8 Å². The average Bonchev–Trinajstić information content (AvgIpc) is 2.28. The van der Waals surface area contributed by atoms with Crippen LogP contribution in [0.5, 0.6) is 0 Å². The summed E-state index contributed by atoms with van der Waals surface area (Å²) >= 11 is 6.01. The fourth-order valence-corrected chi connectivity index (χ4v) is 3.72. The predicted molar refractivity (Wildman–Crippen MR) is 85.1 cm³/mol. The number of nitrogens with zero attached hydrogens (tertiary/aromatic N) is 1. The molecule has 1 saturated carbocycles. The van der Waals surface area contributed by atoms with E-state index in [0.717, 1.165) is 24.3 Å². The molecule has 3 heteroatoms. The molecule has 1 fully saturated rings. The monoisotopic (exact) mass is 295 g/mol. The molecule has 2 nitrogen and oxygen atoms in total. The Morgan fingerprint density at radius 3 is 2.15 bits per heavy atom. The van der Waals surface area contributed by atoms with Crippen LogP contribution in [0.2, 0.25) is 5.02 Å². The van der Waals surface area contributed by atoms with Crippen LogP contribution in [0.4, 0.5) is 0 Å². The molecule has 1 aromatic rings. The third-order valence-electron chi connectivity index (χ3n) is 4.80. The highest BCUT2D eigenvalue weighted by Crippen LogP contribution is 2.54. The van der Waals surface area contributed by atoms with Crippen LogP contribution in [0.1, 0.15) is 45.1 Å². The summed E-state index contributed by atoms with van der Waals surface area (Å²) in [4.78, 5) is 2.00. The average molecular weight is 296 g/mol. The molecule has 1 unspecified atom stereocenters. The molecule has 0 aromatic heterocycles. The highest BCUT2D eigenvalue weighted by molar-refractivity contribution is 6.30. The Hall–Kier alpha value is -0.570. The molecule has 0 heterocycles. The second kappa shape index (κ2) is 5.67. The van der Waals surface area contributed by atoms with Gasteiger partial charge in [0.15, 0.2) is 0 Å². The van der Waals surface area contributed by atoms with Gasteiger partial charge in [-0.1, -0.05) is 44.0 Å². The van der Waals surface area contributed by atoms with E-state index in [4.69, 9.17) is 11.6 Å². The second-order valence-corrected chi connectivity index (χ2v) is 7.19. The number of likely N-dealkylation sites (N-methyl/N-ethyl adjacent to an activating group) is 1. The first-order valence-corrected chi connectivity index (χ1v) is 7.85. The predicted octanol–water partition coefficient (Wildman–Crippen LogP) is 4.06. The maximum atomic E-state index is 11.4. The van der Waals surface area contributed by atoms with Gasteiger partial charge in [-0.25, -0.2) is 0 Å². The molecule has 0 saturated heterocycles. The van der Waals surface area contributed by atoms with E-state index in [-0.39, 0.29) is 5.41 Å². The molecule has 0 amide bonds. The van der Waals surface area contributed by atoms with Gasteiger partial charge in [-0.05, 0) is 57.0 Å². The molecule has 1 aromatic carbocycles. The maximum absolute atomic E-state index is 11.4. The molecule has 1 aliphatic carbocycles. The first-order chi connectivity index (χ1) is 9.32. The van der Waals surface area contributed by atoms with E-state index in [0.29, 0.717) is 5.92 Å². The van der Waals surface area contributed by atoms with Crippen molar-refractivity contribution >= 4 is 11.6 Å². The third-order valence-corrected chi connectivity index (χ3v) is 5.06. The Balaban J connectivity index is 2.44. The molecule has 0 aliphatic heterocycles. The van der Waals surface area contributed by atoms with Gasteiger partial charge >= 0.3 is 0 Å².